The lowest BCUT2D eigenvalue weighted by Gasteiger charge is -2.08. The molecule has 2 aromatic rings. The maximum absolute atomic E-state index is 12.0. The first-order valence-electron chi connectivity index (χ1n) is 6.81. The standard InChI is InChI=1S/C16H18N2O3/c1-2-20-11-12-21-15-5-3-14(4-6-15)18-16(19)13-7-9-17-10-8-13/h3-10H,2,11-12H2,1H3,(H,18,19). The van der Waals surface area contributed by atoms with Crippen LogP contribution in [0, 0.1) is 0 Å². The molecule has 5 heteroatoms. The summed E-state index contributed by atoms with van der Waals surface area (Å²) in [5.74, 6) is 0.582. The Morgan fingerprint density at radius 3 is 2.48 bits per heavy atom. The highest BCUT2D eigenvalue weighted by Gasteiger charge is 2.05. The maximum Gasteiger partial charge on any atom is 0.255 e. The summed E-state index contributed by atoms with van der Waals surface area (Å²) in [5.41, 5.74) is 1.29. The number of aromatic nitrogens is 1. The summed E-state index contributed by atoms with van der Waals surface area (Å²) >= 11 is 0. The topological polar surface area (TPSA) is 60.5 Å². The van der Waals surface area contributed by atoms with Crippen LogP contribution in [0.4, 0.5) is 5.69 Å². The number of pyridine rings is 1. The maximum atomic E-state index is 12.0. The van der Waals surface area contributed by atoms with E-state index >= 15 is 0 Å². The predicted molar refractivity (Wildman–Crippen MR) is 80.6 cm³/mol. The van der Waals surface area contributed by atoms with Crippen molar-refractivity contribution >= 4 is 11.6 Å². The summed E-state index contributed by atoms with van der Waals surface area (Å²) in [4.78, 5) is 15.8. The lowest BCUT2D eigenvalue weighted by Crippen LogP contribution is -2.11. The molecule has 0 aliphatic carbocycles. The van der Waals surface area contributed by atoms with E-state index in [4.69, 9.17) is 9.47 Å². The van der Waals surface area contributed by atoms with Crippen molar-refractivity contribution in [3.8, 4) is 5.75 Å². The van der Waals surface area contributed by atoms with Gasteiger partial charge in [0.05, 0.1) is 6.61 Å². The smallest absolute Gasteiger partial charge is 0.255 e. The van der Waals surface area contributed by atoms with Gasteiger partial charge in [-0.15, -0.1) is 0 Å². The Labute approximate surface area is 123 Å². The van der Waals surface area contributed by atoms with Crippen molar-refractivity contribution < 1.29 is 14.3 Å². The van der Waals surface area contributed by atoms with Crippen molar-refractivity contribution in [2.75, 3.05) is 25.1 Å². The van der Waals surface area contributed by atoms with Crippen LogP contribution in [0.2, 0.25) is 0 Å². The average molecular weight is 286 g/mol. The molecule has 1 aromatic heterocycles. The van der Waals surface area contributed by atoms with Crippen molar-refractivity contribution in [3.63, 3.8) is 0 Å². The zero-order valence-corrected chi connectivity index (χ0v) is 11.9. The molecule has 1 heterocycles. The van der Waals surface area contributed by atoms with Crippen LogP contribution < -0.4 is 10.1 Å². The number of hydrogen-bond donors (Lipinski definition) is 1. The molecule has 1 amide bonds. The van der Waals surface area contributed by atoms with Gasteiger partial charge in [0.15, 0.2) is 0 Å². The third kappa shape index (κ3) is 4.89. The first-order chi connectivity index (χ1) is 10.3. The fraction of sp³-hybridized carbons (Fsp3) is 0.250. The number of hydrogen-bond acceptors (Lipinski definition) is 4. The molecule has 0 bridgehead atoms. The van der Waals surface area contributed by atoms with Gasteiger partial charge >= 0.3 is 0 Å². The van der Waals surface area contributed by atoms with Crippen LogP contribution in [0.3, 0.4) is 0 Å². The number of benzene rings is 1. The largest absolute Gasteiger partial charge is 0.491 e. The molecule has 0 aliphatic heterocycles. The van der Waals surface area contributed by atoms with E-state index in [1.165, 1.54) is 0 Å². The Morgan fingerprint density at radius 2 is 1.81 bits per heavy atom. The molecule has 1 aromatic carbocycles. The molecule has 0 atom stereocenters. The van der Waals surface area contributed by atoms with E-state index in [-0.39, 0.29) is 5.91 Å². The van der Waals surface area contributed by atoms with Gasteiger partial charge in [-0.2, -0.15) is 0 Å². The minimum atomic E-state index is -0.164. The summed E-state index contributed by atoms with van der Waals surface area (Å²) < 4.78 is 10.7. The molecule has 110 valence electrons. The summed E-state index contributed by atoms with van der Waals surface area (Å²) in [6, 6.07) is 10.6. The number of carbonyl (C=O) groups is 1. The molecule has 5 nitrogen and oxygen atoms in total. The number of ether oxygens (including phenoxy) is 2. The fourth-order valence-electron chi connectivity index (χ4n) is 1.70. The SMILES string of the molecule is CCOCCOc1ccc(NC(=O)c2ccncc2)cc1. The van der Waals surface area contributed by atoms with E-state index in [9.17, 15) is 4.79 Å². The molecule has 0 radical (unpaired) electrons. The van der Waals surface area contributed by atoms with Crippen molar-refractivity contribution in [3.05, 3.63) is 54.4 Å². The molecular formula is C16H18N2O3. The lowest BCUT2D eigenvalue weighted by molar-refractivity contribution is 0.102. The quantitative estimate of drug-likeness (QED) is 0.795. The molecular weight excluding hydrogens is 268 g/mol. The highest BCUT2D eigenvalue weighted by molar-refractivity contribution is 6.04. The Morgan fingerprint density at radius 1 is 1.10 bits per heavy atom. The Kier molecular flexibility index (Phi) is 5.72. The molecule has 0 spiro atoms. The Bertz CT molecular complexity index is 555. The molecule has 0 aliphatic rings. The third-order valence-corrected chi connectivity index (χ3v) is 2.76. The van der Waals surface area contributed by atoms with Gasteiger partial charge in [-0.1, -0.05) is 0 Å². The van der Waals surface area contributed by atoms with Crippen LogP contribution >= 0.6 is 0 Å². The Hall–Kier alpha value is -2.40. The van der Waals surface area contributed by atoms with Gasteiger partial charge in [0.25, 0.3) is 5.91 Å². The lowest BCUT2D eigenvalue weighted by atomic mass is 10.2. The van der Waals surface area contributed by atoms with E-state index in [2.05, 4.69) is 10.3 Å². The van der Waals surface area contributed by atoms with Crippen LogP contribution in [-0.4, -0.2) is 30.7 Å². The first kappa shape index (κ1) is 15.0. The van der Waals surface area contributed by atoms with E-state index in [1.807, 2.05) is 19.1 Å². The number of nitrogens with one attached hydrogen (secondary N) is 1. The second-order valence-corrected chi connectivity index (χ2v) is 4.26. The molecule has 2 rings (SSSR count). The number of amides is 1. The second-order valence-electron chi connectivity index (χ2n) is 4.26. The predicted octanol–water partition coefficient (Wildman–Crippen LogP) is 2.75. The molecule has 0 saturated carbocycles. The number of nitrogens with zero attached hydrogens (tertiary/aromatic N) is 1. The summed E-state index contributed by atoms with van der Waals surface area (Å²) in [5, 5.41) is 2.81. The van der Waals surface area contributed by atoms with Crippen LogP contribution in [0.15, 0.2) is 48.8 Å². The van der Waals surface area contributed by atoms with Crippen LogP contribution in [0.5, 0.6) is 5.75 Å². The van der Waals surface area contributed by atoms with Gasteiger partial charge in [0.1, 0.15) is 12.4 Å². The fourth-order valence-corrected chi connectivity index (χ4v) is 1.70. The first-order valence-corrected chi connectivity index (χ1v) is 6.81. The number of anilines is 1. The Balaban J connectivity index is 1.86. The van der Waals surface area contributed by atoms with Gasteiger partial charge in [-0.25, -0.2) is 0 Å². The van der Waals surface area contributed by atoms with E-state index in [1.54, 1.807) is 36.7 Å². The highest BCUT2D eigenvalue weighted by atomic mass is 16.5. The van der Waals surface area contributed by atoms with E-state index < -0.39 is 0 Å². The molecule has 0 saturated heterocycles. The van der Waals surface area contributed by atoms with Crippen molar-refractivity contribution in [1.29, 1.82) is 0 Å². The van der Waals surface area contributed by atoms with Crippen LogP contribution in [-0.2, 0) is 4.74 Å². The average Bonchev–Trinajstić information content (AvgIpc) is 2.54. The minimum Gasteiger partial charge on any atom is -0.491 e. The number of rotatable bonds is 7. The van der Waals surface area contributed by atoms with Crippen LogP contribution in [0.25, 0.3) is 0 Å². The van der Waals surface area contributed by atoms with Crippen molar-refractivity contribution in [2.24, 2.45) is 0 Å². The highest BCUT2D eigenvalue weighted by Crippen LogP contribution is 2.16. The van der Waals surface area contributed by atoms with Gasteiger partial charge in [-0.05, 0) is 43.3 Å². The minimum absolute atomic E-state index is 0.164. The van der Waals surface area contributed by atoms with Gasteiger partial charge in [0, 0.05) is 30.3 Å². The van der Waals surface area contributed by atoms with E-state index in [0.29, 0.717) is 31.1 Å². The molecule has 0 unspecified atom stereocenters. The normalized spacial score (nSPS) is 10.1. The summed E-state index contributed by atoms with van der Waals surface area (Å²) in [6.45, 7) is 3.71. The molecule has 1 N–H and O–H groups in total. The second kappa shape index (κ2) is 8.01. The zero-order chi connectivity index (χ0) is 14.9. The summed E-state index contributed by atoms with van der Waals surface area (Å²) in [7, 11) is 0. The van der Waals surface area contributed by atoms with Crippen molar-refractivity contribution in [2.45, 2.75) is 6.92 Å². The van der Waals surface area contributed by atoms with Gasteiger partial charge in [-0.3, -0.25) is 9.78 Å². The monoisotopic (exact) mass is 286 g/mol. The molecule has 21 heavy (non-hydrogen) atoms. The van der Waals surface area contributed by atoms with Gasteiger partial charge < -0.3 is 14.8 Å². The third-order valence-electron chi connectivity index (χ3n) is 2.76. The van der Waals surface area contributed by atoms with E-state index in [0.717, 1.165) is 5.75 Å². The summed E-state index contributed by atoms with van der Waals surface area (Å²) in [6.07, 6.45) is 3.18. The van der Waals surface area contributed by atoms with Gasteiger partial charge in [0.2, 0.25) is 0 Å². The number of carbonyl (C=O) groups excluding carboxylic acids is 1. The zero-order valence-electron chi connectivity index (χ0n) is 11.9. The van der Waals surface area contributed by atoms with Crippen molar-refractivity contribution in [1.82, 2.24) is 4.98 Å². The van der Waals surface area contributed by atoms with Crippen LogP contribution in [0.1, 0.15) is 17.3 Å². The molecule has 0 fully saturated rings.